The summed E-state index contributed by atoms with van der Waals surface area (Å²) in [5.74, 6) is -0.703. The number of anilines is 1. The van der Waals surface area contributed by atoms with Crippen molar-refractivity contribution in [3.8, 4) is 0 Å². The predicted octanol–water partition coefficient (Wildman–Crippen LogP) is 2.78. The SMILES string of the molecule is COCCC(=O)N1CCO[C@@H](CN2C(C)=CN=C(N)/C2=C(/N)c2ccc(C(=O)Nc3cc(C(F)(F)F)ccn3)cc2)C1. The van der Waals surface area contributed by atoms with Crippen LogP contribution in [0.5, 0.6) is 0 Å². The Labute approximate surface area is 240 Å². The van der Waals surface area contributed by atoms with Crippen molar-refractivity contribution >= 4 is 29.2 Å². The number of amides is 2. The molecule has 14 heteroatoms. The lowest BCUT2D eigenvalue weighted by Crippen LogP contribution is -2.50. The number of alkyl halides is 3. The molecular weight excluding hydrogens is 555 g/mol. The number of hydrogen-bond acceptors (Lipinski definition) is 9. The molecular formula is C28H32F3N7O4. The van der Waals surface area contributed by atoms with Gasteiger partial charge in [-0.3, -0.25) is 9.59 Å². The molecule has 1 aromatic heterocycles. The molecule has 0 aliphatic carbocycles. The molecule has 224 valence electrons. The van der Waals surface area contributed by atoms with Crippen molar-refractivity contribution in [3.05, 3.63) is 76.9 Å². The standard InChI is InChI=1S/C28H32F3N7O4/c1-17-14-35-26(33)25(38(17)16-21-15-37(10-12-42-21)23(39)8-11-41-2)24(32)18-3-5-19(6-4-18)27(40)36-22-13-20(7-9-34-22)28(29,30)31/h3-7,9,13-14,21H,8,10-12,15-16,32H2,1-2H3,(H2,33,35)(H,34,36,40)/b25-24-/t21-/m1/s1. The van der Waals surface area contributed by atoms with E-state index in [2.05, 4.69) is 15.3 Å². The summed E-state index contributed by atoms with van der Waals surface area (Å²) in [6.45, 7) is 3.81. The van der Waals surface area contributed by atoms with Gasteiger partial charge in [-0.25, -0.2) is 9.98 Å². The van der Waals surface area contributed by atoms with Crippen LogP contribution in [-0.4, -0.2) is 78.5 Å². The van der Waals surface area contributed by atoms with Crippen molar-refractivity contribution in [2.75, 3.05) is 45.3 Å². The highest BCUT2D eigenvalue weighted by atomic mass is 19.4. The molecule has 0 spiro atoms. The lowest BCUT2D eigenvalue weighted by Gasteiger charge is -2.38. The van der Waals surface area contributed by atoms with Gasteiger partial charge < -0.3 is 36.1 Å². The topological polar surface area (TPSA) is 148 Å². The van der Waals surface area contributed by atoms with Crippen molar-refractivity contribution in [2.45, 2.75) is 25.6 Å². The molecule has 5 N–H and O–H groups in total. The summed E-state index contributed by atoms with van der Waals surface area (Å²) in [5, 5.41) is 2.37. The zero-order valence-electron chi connectivity index (χ0n) is 23.1. The van der Waals surface area contributed by atoms with E-state index in [0.29, 0.717) is 49.8 Å². The number of benzene rings is 1. The number of morpholine rings is 1. The maximum absolute atomic E-state index is 13.0. The lowest BCUT2D eigenvalue weighted by atomic mass is 10.0. The molecule has 4 rings (SSSR count). The zero-order chi connectivity index (χ0) is 30.4. The number of aromatic nitrogens is 1. The quantitative estimate of drug-likeness (QED) is 0.427. The van der Waals surface area contributed by atoms with Crippen LogP contribution in [0.1, 0.15) is 34.8 Å². The first-order chi connectivity index (χ1) is 20.0. The van der Waals surface area contributed by atoms with Crippen molar-refractivity contribution in [2.24, 2.45) is 16.5 Å². The van der Waals surface area contributed by atoms with E-state index >= 15 is 0 Å². The Bertz CT molecular complexity index is 1410. The molecule has 3 heterocycles. The van der Waals surface area contributed by atoms with Crippen LogP contribution in [-0.2, 0) is 20.4 Å². The molecule has 0 saturated carbocycles. The molecule has 1 aromatic carbocycles. The van der Waals surface area contributed by atoms with Crippen LogP contribution in [0, 0.1) is 0 Å². The van der Waals surface area contributed by atoms with E-state index in [9.17, 15) is 22.8 Å². The number of pyridine rings is 1. The van der Waals surface area contributed by atoms with E-state index in [1.54, 1.807) is 30.3 Å². The van der Waals surface area contributed by atoms with Crippen molar-refractivity contribution in [3.63, 3.8) is 0 Å². The number of allylic oxidation sites excluding steroid dienone is 1. The Morgan fingerprint density at radius 2 is 1.90 bits per heavy atom. The maximum Gasteiger partial charge on any atom is 0.416 e. The Morgan fingerprint density at radius 3 is 2.60 bits per heavy atom. The maximum atomic E-state index is 13.0. The highest BCUT2D eigenvalue weighted by Gasteiger charge is 2.32. The number of methoxy groups -OCH3 is 1. The minimum absolute atomic E-state index is 0.0135. The summed E-state index contributed by atoms with van der Waals surface area (Å²) in [6.07, 6.45) is -2.01. The number of nitrogens with two attached hydrogens (primary N) is 2. The molecule has 1 fully saturated rings. The summed E-state index contributed by atoms with van der Waals surface area (Å²) in [7, 11) is 1.55. The van der Waals surface area contributed by atoms with Gasteiger partial charge in [0.25, 0.3) is 5.91 Å². The van der Waals surface area contributed by atoms with E-state index in [-0.39, 0.29) is 35.6 Å². The first kappa shape index (κ1) is 30.5. The van der Waals surface area contributed by atoms with Crippen LogP contribution in [0.4, 0.5) is 19.0 Å². The molecule has 42 heavy (non-hydrogen) atoms. The number of halogens is 3. The Hall–Kier alpha value is -4.43. The van der Waals surface area contributed by atoms with Gasteiger partial charge >= 0.3 is 6.18 Å². The first-order valence-corrected chi connectivity index (χ1v) is 13.1. The van der Waals surface area contributed by atoms with Gasteiger partial charge in [-0.2, -0.15) is 13.2 Å². The predicted molar refractivity (Wildman–Crippen MR) is 150 cm³/mol. The van der Waals surface area contributed by atoms with Gasteiger partial charge in [0.05, 0.1) is 43.5 Å². The summed E-state index contributed by atoms with van der Waals surface area (Å²) in [6, 6.07) is 7.76. The minimum atomic E-state index is -4.56. The molecule has 1 atom stereocenters. The van der Waals surface area contributed by atoms with Crippen LogP contribution in [0.2, 0.25) is 0 Å². The molecule has 0 bridgehead atoms. The van der Waals surface area contributed by atoms with Crippen molar-refractivity contribution in [1.82, 2.24) is 14.8 Å². The van der Waals surface area contributed by atoms with Gasteiger partial charge in [0, 0.05) is 43.9 Å². The van der Waals surface area contributed by atoms with E-state index in [1.165, 1.54) is 12.1 Å². The van der Waals surface area contributed by atoms with Gasteiger partial charge in [-0.15, -0.1) is 0 Å². The Balaban J connectivity index is 1.50. The highest BCUT2D eigenvalue weighted by Crippen LogP contribution is 2.30. The van der Waals surface area contributed by atoms with Crippen LogP contribution in [0.3, 0.4) is 0 Å². The second-order valence-electron chi connectivity index (χ2n) is 9.69. The Morgan fingerprint density at radius 1 is 1.19 bits per heavy atom. The third-order valence-electron chi connectivity index (χ3n) is 6.77. The van der Waals surface area contributed by atoms with Crippen LogP contribution < -0.4 is 16.8 Å². The molecule has 0 radical (unpaired) electrons. The summed E-state index contributed by atoms with van der Waals surface area (Å²) >= 11 is 0. The fourth-order valence-corrected chi connectivity index (χ4v) is 4.54. The number of carbonyl (C=O) groups excluding carboxylic acids is 2. The van der Waals surface area contributed by atoms with Gasteiger partial charge in [0.1, 0.15) is 17.4 Å². The molecule has 0 unspecified atom stereocenters. The number of carbonyl (C=O) groups is 2. The molecule has 2 aliphatic rings. The third kappa shape index (κ3) is 7.25. The average molecular weight is 588 g/mol. The van der Waals surface area contributed by atoms with Gasteiger partial charge in [-0.05, 0) is 36.8 Å². The first-order valence-electron chi connectivity index (χ1n) is 13.1. The number of amidine groups is 1. The van der Waals surface area contributed by atoms with Gasteiger partial charge in [-0.1, -0.05) is 12.1 Å². The molecule has 2 aliphatic heterocycles. The highest BCUT2D eigenvalue weighted by molar-refractivity contribution is 6.05. The number of nitrogens with one attached hydrogen (secondary N) is 1. The fourth-order valence-electron chi connectivity index (χ4n) is 4.54. The second-order valence-corrected chi connectivity index (χ2v) is 9.69. The van der Waals surface area contributed by atoms with Gasteiger partial charge in [0.2, 0.25) is 5.91 Å². The molecule has 11 nitrogen and oxygen atoms in total. The van der Waals surface area contributed by atoms with Crippen LogP contribution in [0.25, 0.3) is 5.70 Å². The van der Waals surface area contributed by atoms with Crippen molar-refractivity contribution < 1.29 is 32.2 Å². The number of aliphatic imine (C=N–C) groups is 1. The zero-order valence-corrected chi connectivity index (χ0v) is 23.1. The van der Waals surface area contributed by atoms with Crippen LogP contribution >= 0.6 is 0 Å². The Kier molecular flexibility index (Phi) is 9.48. The normalized spacial score (nSPS) is 18.7. The average Bonchev–Trinajstić information content (AvgIpc) is 2.97. The number of rotatable bonds is 8. The monoisotopic (exact) mass is 587 g/mol. The molecule has 1 saturated heterocycles. The largest absolute Gasteiger partial charge is 0.416 e. The molecule has 2 amide bonds. The van der Waals surface area contributed by atoms with E-state index in [4.69, 9.17) is 20.9 Å². The minimum Gasteiger partial charge on any atom is -0.396 e. The fraction of sp³-hybridized carbons (Fsp3) is 0.357. The van der Waals surface area contributed by atoms with Gasteiger partial charge in [0.15, 0.2) is 0 Å². The smallest absolute Gasteiger partial charge is 0.396 e. The van der Waals surface area contributed by atoms with Crippen molar-refractivity contribution in [1.29, 1.82) is 0 Å². The number of nitrogens with zero attached hydrogens (tertiary/aromatic N) is 4. The summed E-state index contributed by atoms with van der Waals surface area (Å²) in [4.78, 5) is 36.9. The third-order valence-corrected chi connectivity index (χ3v) is 6.77. The second kappa shape index (κ2) is 13.0. The molecule has 2 aromatic rings. The summed E-state index contributed by atoms with van der Waals surface area (Å²) < 4.78 is 50.0. The van der Waals surface area contributed by atoms with E-state index in [1.807, 2.05) is 11.8 Å². The lowest BCUT2D eigenvalue weighted by molar-refractivity contribution is -0.140. The van der Waals surface area contributed by atoms with E-state index in [0.717, 1.165) is 24.0 Å². The summed E-state index contributed by atoms with van der Waals surface area (Å²) in [5.41, 5.74) is 14.1. The van der Waals surface area contributed by atoms with E-state index < -0.39 is 17.6 Å². The number of ether oxygens (including phenoxy) is 2. The number of hydrogen-bond donors (Lipinski definition) is 3. The van der Waals surface area contributed by atoms with Crippen LogP contribution in [0.15, 0.2) is 65.2 Å².